The fourth-order valence-electron chi connectivity index (χ4n) is 10.6. The minimum Gasteiger partial charge on any atom is -0.507 e. The summed E-state index contributed by atoms with van der Waals surface area (Å²) in [5, 5.41) is 12.7. The van der Waals surface area contributed by atoms with Crippen molar-refractivity contribution in [1.29, 1.82) is 0 Å². The van der Waals surface area contributed by atoms with E-state index in [0.717, 1.165) is 72.4 Å². The third-order valence-electron chi connectivity index (χ3n) is 15.0. The van der Waals surface area contributed by atoms with Gasteiger partial charge in [0, 0.05) is 22.3 Å². The summed E-state index contributed by atoms with van der Waals surface area (Å²) in [5.74, 6) is 1.49. The van der Waals surface area contributed by atoms with Crippen molar-refractivity contribution in [1.82, 2.24) is 9.55 Å². The van der Waals surface area contributed by atoms with Crippen molar-refractivity contribution >= 4 is 11.0 Å². The van der Waals surface area contributed by atoms with Crippen molar-refractivity contribution in [2.24, 2.45) is 0 Å². The second-order valence-electron chi connectivity index (χ2n) is 24.4. The van der Waals surface area contributed by atoms with E-state index in [1.54, 1.807) is 0 Å². The topological polar surface area (TPSA) is 41.9 Å². The van der Waals surface area contributed by atoms with E-state index in [-0.39, 0.29) is 54.9 Å². The predicted octanol–water partition coefficient (Wildman–Crippen LogP) is 18.7. The van der Waals surface area contributed by atoms with Crippen molar-refractivity contribution in [2.45, 2.75) is 118 Å². The minimum absolute atomic E-state index is 0. The number of benzene rings is 8. The van der Waals surface area contributed by atoms with E-state index in [9.17, 15) is 5.11 Å². The molecule has 5 heteroatoms. The number of aromatic nitrogens is 3. The number of hydrogen-bond acceptors (Lipinski definition) is 2. The summed E-state index contributed by atoms with van der Waals surface area (Å²) in [6, 6.07) is 68.5. The van der Waals surface area contributed by atoms with Crippen LogP contribution in [0.25, 0.3) is 89.4 Å². The third-order valence-corrected chi connectivity index (χ3v) is 15.0. The number of imidazole rings is 1. The van der Waals surface area contributed by atoms with E-state index >= 15 is 0 Å². The molecule has 2 heterocycles. The molecule has 0 spiro atoms. The molecule has 4 nitrogen and oxygen atoms in total. The molecule has 0 fully saturated rings. The van der Waals surface area contributed by atoms with Gasteiger partial charge in [0.2, 0.25) is 0 Å². The van der Waals surface area contributed by atoms with Gasteiger partial charge in [-0.05, 0) is 97.9 Å². The van der Waals surface area contributed by atoms with Gasteiger partial charge in [-0.2, -0.15) is 23.8 Å². The summed E-state index contributed by atoms with van der Waals surface area (Å²) in [6.07, 6.45) is 4.39. The second-order valence-corrected chi connectivity index (χ2v) is 24.4. The van der Waals surface area contributed by atoms with Gasteiger partial charge in [0.25, 0.3) is 0 Å². The summed E-state index contributed by atoms with van der Waals surface area (Å²) in [5.41, 5.74) is 20.4. The molecule has 0 unspecified atom stereocenters. The first kappa shape index (κ1) is 54.7. The van der Waals surface area contributed by atoms with Gasteiger partial charge < -0.3 is 5.11 Å². The smallest absolute Gasteiger partial charge is 0.507 e. The number of para-hydroxylation sites is 1. The SMILES string of the molecule is CC(C)c1cc(-c2ccccc2)cc(C(C)C)c1-[n+]1cc[c-]c(-c2[c-]c(-c3cccc4c3nc(-c3cc(C(C)(C)C)cc(C(C)(C)C)c3O)n4-c3ccc(-c4ccccc4)cc3-c3ccccc3)cc(C(C)(C)C)c2)c1.[Pt+2]. The Bertz CT molecular complexity index is 3720. The van der Waals surface area contributed by atoms with E-state index in [1.165, 1.54) is 33.5 Å². The number of nitrogens with zero attached hydrogens (tertiary/aromatic N) is 3. The molecule has 77 heavy (non-hydrogen) atoms. The van der Waals surface area contributed by atoms with Crippen LogP contribution >= 0.6 is 0 Å². The molecule has 1 N–H and O–H groups in total. The molecule has 0 saturated heterocycles. The average molecular weight is 1190 g/mol. The molecule has 0 amide bonds. The van der Waals surface area contributed by atoms with Gasteiger partial charge in [0.15, 0.2) is 5.69 Å². The Labute approximate surface area is 472 Å². The molecular formula is C72H72N3OPt+. The molecule has 8 aromatic carbocycles. The molecule has 0 aliphatic carbocycles. The van der Waals surface area contributed by atoms with Crippen LogP contribution in [0, 0.1) is 12.1 Å². The maximum Gasteiger partial charge on any atom is 2.00 e. The van der Waals surface area contributed by atoms with E-state index in [1.807, 2.05) is 0 Å². The molecule has 390 valence electrons. The molecule has 10 aromatic rings. The van der Waals surface area contributed by atoms with Crippen molar-refractivity contribution in [2.75, 3.05) is 0 Å². The van der Waals surface area contributed by atoms with E-state index in [2.05, 4.69) is 294 Å². The number of aromatic hydroxyl groups is 1. The Hall–Kier alpha value is -7.13. The van der Waals surface area contributed by atoms with Crippen LogP contribution in [0.1, 0.15) is 130 Å². The zero-order chi connectivity index (χ0) is 53.8. The molecule has 0 saturated carbocycles. The predicted molar refractivity (Wildman–Crippen MR) is 319 cm³/mol. The standard InChI is InChI=1S/C72H72N3O.Pt/c1-46(2)59-41-54(49-27-19-15-20-28-49)42-60(47(3)4)67(59)74-36-24-31-52(45-74)53-37-55(39-56(38-53)70(5,6)7)58-32-23-33-65-66(58)73-69(62-43-57(71(8,9)10)44-63(68(62)76)72(11,12)13)75(65)64-35-34-51(48-25-17-14-18-26-48)40-61(64)50-29-21-16-22-30-50;/h14-30,32-36,38-47,76H,1-13H3;/q-1;+2. The molecule has 2 aromatic heterocycles. The Balaban J connectivity index is 0.00000722. The van der Waals surface area contributed by atoms with E-state index in [4.69, 9.17) is 4.98 Å². The summed E-state index contributed by atoms with van der Waals surface area (Å²) < 4.78 is 4.60. The molecule has 0 bridgehead atoms. The Morgan fingerprint density at radius 3 is 1.64 bits per heavy atom. The van der Waals surface area contributed by atoms with Crippen LogP contribution in [0.4, 0.5) is 0 Å². The van der Waals surface area contributed by atoms with Crippen LogP contribution in [0.2, 0.25) is 0 Å². The molecular weight excluding hydrogens is 1120 g/mol. The quantitative estimate of drug-likeness (QED) is 0.110. The number of hydrogen-bond donors (Lipinski definition) is 1. The van der Waals surface area contributed by atoms with Crippen LogP contribution in [-0.4, -0.2) is 14.7 Å². The third kappa shape index (κ3) is 10.9. The molecule has 10 rings (SSSR count). The van der Waals surface area contributed by atoms with E-state index in [0.29, 0.717) is 11.4 Å². The Kier molecular flexibility index (Phi) is 15.2. The summed E-state index contributed by atoms with van der Waals surface area (Å²) in [6.45, 7) is 29.2. The number of pyridine rings is 1. The monoisotopic (exact) mass is 1190 g/mol. The summed E-state index contributed by atoms with van der Waals surface area (Å²) in [4.78, 5) is 5.76. The van der Waals surface area contributed by atoms with Gasteiger partial charge in [-0.1, -0.05) is 217 Å². The largest absolute Gasteiger partial charge is 2.00 e. The van der Waals surface area contributed by atoms with Crippen molar-refractivity contribution in [3.8, 4) is 84.1 Å². The van der Waals surface area contributed by atoms with Gasteiger partial charge in [-0.25, -0.2) is 4.98 Å². The van der Waals surface area contributed by atoms with Gasteiger partial charge in [-0.3, -0.25) is 9.13 Å². The van der Waals surface area contributed by atoms with Gasteiger partial charge in [-0.15, -0.1) is 22.8 Å². The number of fused-ring (bicyclic) bond motifs is 1. The van der Waals surface area contributed by atoms with Crippen molar-refractivity contribution in [3.05, 3.63) is 222 Å². The maximum atomic E-state index is 12.7. The van der Waals surface area contributed by atoms with Gasteiger partial charge >= 0.3 is 21.1 Å². The summed E-state index contributed by atoms with van der Waals surface area (Å²) >= 11 is 0. The van der Waals surface area contributed by atoms with E-state index < -0.39 is 0 Å². The summed E-state index contributed by atoms with van der Waals surface area (Å²) in [7, 11) is 0. The Morgan fingerprint density at radius 1 is 0.506 bits per heavy atom. The first-order valence-corrected chi connectivity index (χ1v) is 27.1. The number of rotatable bonds is 10. The second kappa shape index (κ2) is 21.4. The average Bonchev–Trinajstić information content (AvgIpc) is 4.02. The number of phenolic OH excluding ortho intramolecular Hbond substituents is 1. The Morgan fingerprint density at radius 2 is 1.06 bits per heavy atom. The normalized spacial score (nSPS) is 12.1. The maximum absolute atomic E-state index is 12.7. The molecule has 0 aliphatic heterocycles. The zero-order valence-electron chi connectivity index (χ0n) is 47.1. The fraction of sp³-hybridized carbons (Fsp3) is 0.250. The molecule has 0 radical (unpaired) electrons. The minimum atomic E-state index is -0.349. The number of phenols is 1. The first-order valence-electron chi connectivity index (χ1n) is 27.1. The van der Waals surface area contributed by atoms with Gasteiger partial charge in [0.05, 0.1) is 34.7 Å². The van der Waals surface area contributed by atoms with Crippen molar-refractivity contribution in [3.63, 3.8) is 0 Å². The van der Waals surface area contributed by atoms with Crippen LogP contribution in [-0.2, 0) is 37.3 Å². The first-order chi connectivity index (χ1) is 36.2. The molecule has 0 atom stereocenters. The van der Waals surface area contributed by atoms with Crippen LogP contribution in [0.3, 0.4) is 0 Å². The molecule has 0 aliphatic rings. The van der Waals surface area contributed by atoms with Crippen LogP contribution in [0.15, 0.2) is 182 Å². The fourth-order valence-corrected chi connectivity index (χ4v) is 10.6. The zero-order valence-corrected chi connectivity index (χ0v) is 49.4. The van der Waals surface area contributed by atoms with Crippen LogP contribution in [0.5, 0.6) is 5.75 Å². The van der Waals surface area contributed by atoms with Crippen molar-refractivity contribution < 1.29 is 30.7 Å². The van der Waals surface area contributed by atoms with Gasteiger partial charge in [0.1, 0.15) is 11.6 Å². The van der Waals surface area contributed by atoms with Crippen LogP contribution < -0.4 is 4.57 Å².